The second-order valence-corrected chi connectivity index (χ2v) is 10.4. The largest absolute Gasteiger partial charge is 0.379 e. The molecule has 1 saturated heterocycles. The third kappa shape index (κ3) is 5.81. The third-order valence-corrected chi connectivity index (χ3v) is 7.64. The van der Waals surface area contributed by atoms with Crippen LogP contribution in [0.5, 0.6) is 0 Å². The van der Waals surface area contributed by atoms with Crippen LogP contribution in [0, 0.1) is 5.92 Å². The van der Waals surface area contributed by atoms with Crippen LogP contribution in [0.15, 0.2) is 30.6 Å². The number of hydrogen-bond donors (Lipinski definition) is 3. The minimum absolute atomic E-state index is 0.0230. The van der Waals surface area contributed by atoms with Gasteiger partial charge in [-0.2, -0.15) is 9.97 Å². The van der Waals surface area contributed by atoms with Gasteiger partial charge < -0.3 is 25.6 Å². The van der Waals surface area contributed by atoms with Crippen LogP contribution in [0.3, 0.4) is 0 Å². The van der Waals surface area contributed by atoms with Crippen molar-refractivity contribution < 1.29 is 14.3 Å². The SMILES string of the molecule is CNc1nc(Nc2cccc(CN3CCC(C(=O)N(C)C)CC3)c2)nc2c1ncn2C(=O)N[C@@H]1CC[C@H]1OC. The Morgan fingerprint density at radius 1 is 1.13 bits per heavy atom. The molecule has 208 valence electrons. The van der Waals surface area contributed by atoms with Gasteiger partial charge >= 0.3 is 6.03 Å². The topological polar surface area (TPSA) is 130 Å². The molecule has 0 radical (unpaired) electrons. The fourth-order valence-electron chi connectivity index (χ4n) is 5.26. The lowest BCUT2D eigenvalue weighted by atomic mass is 9.89. The molecule has 3 N–H and O–H groups in total. The van der Waals surface area contributed by atoms with Crippen LogP contribution in [0.1, 0.15) is 31.2 Å². The normalized spacial score (nSPS) is 19.9. The number of anilines is 3. The van der Waals surface area contributed by atoms with Gasteiger partial charge in [-0.15, -0.1) is 0 Å². The zero-order valence-corrected chi connectivity index (χ0v) is 23.0. The molecule has 12 heteroatoms. The molecule has 3 heterocycles. The Morgan fingerprint density at radius 2 is 1.92 bits per heavy atom. The van der Waals surface area contributed by atoms with Crippen LogP contribution in [0.25, 0.3) is 11.2 Å². The molecule has 39 heavy (non-hydrogen) atoms. The monoisotopic (exact) mass is 535 g/mol. The number of aromatic nitrogens is 4. The van der Waals surface area contributed by atoms with Gasteiger partial charge in [0.2, 0.25) is 11.9 Å². The summed E-state index contributed by atoms with van der Waals surface area (Å²) in [5.74, 6) is 1.22. The number of piperidine rings is 1. The summed E-state index contributed by atoms with van der Waals surface area (Å²) in [6, 6.07) is 7.82. The van der Waals surface area contributed by atoms with E-state index in [1.807, 2.05) is 26.2 Å². The molecule has 1 saturated carbocycles. The summed E-state index contributed by atoms with van der Waals surface area (Å²) in [5, 5.41) is 9.36. The fraction of sp³-hybridized carbons (Fsp3) is 0.519. The summed E-state index contributed by atoms with van der Waals surface area (Å²) in [5.41, 5.74) is 2.93. The Bertz CT molecular complexity index is 1330. The van der Waals surface area contributed by atoms with Gasteiger partial charge in [0.25, 0.3) is 0 Å². The number of amides is 2. The highest BCUT2D eigenvalue weighted by atomic mass is 16.5. The highest BCUT2D eigenvalue weighted by Crippen LogP contribution is 2.26. The van der Waals surface area contributed by atoms with E-state index in [0.29, 0.717) is 22.9 Å². The van der Waals surface area contributed by atoms with E-state index in [4.69, 9.17) is 4.74 Å². The molecule has 12 nitrogen and oxygen atoms in total. The molecule has 0 spiro atoms. The molecule has 0 unspecified atom stereocenters. The summed E-state index contributed by atoms with van der Waals surface area (Å²) in [7, 11) is 7.07. The Morgan fingerprint density at radius 3 is 2.59 bits per heavy atom. The molecule has 2 atom stereocenters. The number of nitrogens with zero attached hydrogens (tertiary/aromatic N) is 6. The minimum atomic E-state index is -0.297. The zero-order valence-electron chi connectivity index (χ0n) is 23.0. The van der Waals surface area contributed by atoms with Crippen molar-refractivity contribution in [1.82, 2.24) is 34.6 Å². The number of carbonyl (C=O) groups excluding carboxylic acids is 2. The van der Waals surface area contributed by atoms with Gasteiger partial charge in [0.15, 0.2) is 17.0 Å². The summed E-state index contributed by atoms with van der Waals surface area (Å²) in [6.07, 6.45) is 5.06. The number of fused-ring (bicyclic) bond motifs is 1. The van der Waals surface area contributed by atoms with Crippen molar-refractivity contribution in [3.63, 3.8) is 0 Å². The van der Waals surface area contributed by atoms with Crippen LogP contribution < -0.4 is 16.0 Å². The zero-order chi connectivity index (χ0) is 27.5. The van der Waals surface area contributed by atoms with Crippen LogP contribution in [-0.4, -0.2) is 94.7 Å². The average molecular weight is 536 g/mol. The molecule has 1 aromatic carbocycles. The predicted octanol–water partition coefficient (Wildman–Crippen LogP) is 2.65. The van der Waals surface area contributed by atoms with Crippen LogP contribution in [0.4, 0.5) is 22.2 Å². The van der Waals surface area contributed by atoms with Crippen molar-refractivity contribution in [3.05, 3.63) is 36.2 Å². The smallest absolute Gasteiger partial charge is 0.328 e. The Hall–Kier alpha value is -3.77. The number of benzene rings is 1. The first-order valence-corrected chi connectivity index (χ1v) is 13.4. The highest BCUT2D eigenvalue weighted by Gasteiger charge is 2.33. The first-order valence-electron chi connectivity index (χ1n) is 13.4. The lowest BCUT2D eigenvalue weighted by Crippen LogP contribution is -2.52. The molecule has 1 aliphatic heterocycles. The molecule has 1 aliphatic carbocycles. The molecule has 3 aromatic rings. The number of imidazole rings is 1. The predicted molar refractivity (Wildman–Crippen MR) is 149 cm³/mol. The van der Waals surface area contributed by atoms with Gasteiger partial charge in [-0.1, -0.05) is 12.1 Å². The molecule has 2 aromatic heterocycles. The molecule has 2 amide bonds. The summed E-state index contributed by atoms with van der Waals surface area (Å²) < 4.78 is 6.82. The van der Waals surface area contributed by atoms with Crippen molar-refractivity contribution in [2.75, 3.05) is 52.0 Å². The van der Waals surface area contributed by atoms with E-state index in [0.717, 1.165) is 56.6 Å². The van der Waals surface area contributed by atoms with Gasteiger partial charge in [-0.05, 0) is 56.5 Å². The van der Waals surface area contributed by atoms with Gasteiger partial charge in [0, 0.05) is 46.4 Å². The number of rotatable bonds is 8. The number of ether oxygens (including phenoxy) is 1. The van der Waals surface area contributed by atoms with Crippen LogP contribution >= 0.6 is 0 Å². The quantitative estimate of drug-likeness (QED) is 0.399. The number of methoxy groups -OCH3 is 1. The molecule has 2 aliphatic rings. The second kappa shape index (κ2) is 11.5. The van der Waals surface area contributed by atoms with Crippen molar-refractivity contribution in [1.29, 1.82) is 0 Å². The first kappa shape index (κ1) is 26.8. The number of hydrogen-bond acceptors (Lipinski definition) is 9. The van der Waals surface area contributed by atoms with Crippen molar-refractivity contribution >= 4 is 40.6 Å². The van der Waals surface area contributed by atoms with Gasteiger partial charge in [0.1, 0.15) is 6.33 Å². The van der Waals surface area contributed by atoms with Crippen molar-refractivity contribution in [3.8, 4) is 0 Å². The van der Waals surface area contributed by atoms with E-state index in [1.165, 1.54) is 10.9 Å². The van der Waals surface area contributed by atoms with E-state index in [2.05, 4.69) is 47.9 Å². The highest BCUT2D eigenvalue weighted by molar-refractivity contribution is 5.92. The first-order chi connectivity index (χ1) is 18.9. The molecular formula is C27H37N9O3. The maximum Gasteiger partial charge on any atom is 0.328 e. The molecular weight excluding hydrogens is 498 g/mol. The summed E-state index contributed by atoms with van der Waals surface area (Å²) in [4.78, 5) is 43.0. The number of likely N-dealkylation sites (tertiary alicyclic amines) is 1. The lowest BCUT2D eigenvalue weighted by molar-refractivity contribution is -0.134. The van der Waals surface area contributed by atoms with Crippen LogP contribution in [-0.2, 0) is 16.1 Å². The Labute approximate surface area is 228 Å². The van der Waals surface area contributed by atoms with E-state index >= 15 is 0 Å². The van der Waals surface area contributed by atoms with E-state index in [-0.39, 0.29) is 30.0 Å². The van der Waals surface area contributed by atoms with E-state index in [9.17, 15) is 9.59 Å². The average Bonchev–Trinajstić information content (AvgIpc) is 3.35. The summed E-state index contributed by atoms with van der Waals surface area (Å²) in [6.45, 7) is 2.59. The Balaban J connectivity index is 1.28. The van der Waals surface area contributed by atoms with Gasteiger partial charge in [0.05, 0.1) is 12.1 Å². The lowest BCUT2D eigenvalue weighted by Gasteiger charge is -2.35. The van der Waals surface area contributed by atoms with Crippen molar-refractivity contribution in [2.24, 2.45) is 5.92 Å². The fourth-order valence-corrected chi connectivity index (χ4v) is 5.26. The van der Waals surface area contributed by atoms with E-state index in [1.54, 1.807) is 19.1 Å². The second-order valence-electron chi connectivity index (χ2n) is 10.4. The standard InChI is InChI=1S/C27H37N9O3/c1-28-23-22-24(36(16-29-22)27(38)31-20-8-9-21(20)39-4)33-26(32-23)30-19-7-5-6-17(14-19)15-35-12-10-18(11-13-35)25(37)34(2)3/h5-7,14,16,18,20-21H,8-13,15H2,1-4H3,(H,31,38)(H2,28,30,32,33)/t20-,21-/m1/s1. The van der Waals surface area contributed by atoms with Crippen molar-refractivity contribution in [2.45, 2.75) is 44.4 Å². The van der Waals surface area contributed by atoms with Gasteiger partial charge in [-0.25, -0.2) is 14.3 Å². The number of nitrogens with one attached hydrogen (secondary N) is 3. The van der Waals surface area contributed by atoms with Gasteiger partial charge in [-0.3, -0.25) is 9.69 Å². The Kier molecular flexibility index (Phi) is 7.94. The molecule has 2 fully saturated rings. The maximum atomic E-state index is 13.0. The van der Waals surface area contributed by atoms with E-state index < -0.39 is 0 Å². The molecule has 0 bridgehead atoms. The number of carbonyl (C=O) groups is 2. The van der Waals surface area contributed by atoms with Crippen LogP contribution in [0.2, 0.25) is 0 Å². The maximum absolute atomic E-state index is 13.0. The molecule has 5 rings (SSSR count). The summed E-state index contributed by atoms with van der Waals surface area (Å²) >= 11 is 0. The third-order valence-electron chi connectivity index (χ3n) is 7.64. The minimum Gasteiger partial charge on any atom is -0.379 e.